The molecule has 0 spiro atoms. The number of carboxylic acids is 1. The minimum atomic E-state index is -1.32. The molecule has 3 N–H and O–H groups in total. The fourth-order valence-corrected chi connectivity index (χ4v) is 2.55. The highest BCUT2D eigenvalue weighted by Gasteiger charge is 2.35. The van der Waals surface area contributed by atoms with Gasteiger partial charge < -0.3 is 15.3 Å². The predicted octanol–water partition coefficient (Wildman–Crippen LogP) is 3.09. The van der Waals surface area contributed by atoms with Gasteiger partial charge in [-0.25, -0.2) is 0 Å². The average Bonchev–Trinajstić information content (AvgIpc) is 2.85. The Morgan fingerprint density at radius 1 is 1.32 bits per heavy atom. The Bertz CT molecular complexity index is 571. The number of rotatable bonds is 11. The van der Waals surface area contributed by atoms with Crippen LogP contribution in [0.15, 0.2) is 48.1 Å². The molecular weight excluding hydrogens is 320 g/mol. The molecule has 0 radical (unpaired) electrons. The lowest BCUT2D eigenvalue weighted by molar-refractivity contribution is -0.137. The molecule has 0 aromatic carbocycles. The Morgan fingerprint density at radius 2 is 2.08 bits per heavy atom. The first-order chi connectivity index (χ1) is 11.9. The van der Waals surface area contributed by atoms with Crippen molar-refractivity contribution < 1.29 is 24.9 Å². The van der Waals surface area contributed by atoms with Gasteiger partial charge in [0.2, 0.25) is 0 Å². The van der Waals surface area contributed by atoms with Crippen molar-refractivity contribution >= 4 is 11.8 Å². The summed E-state index contributed by atoms with van der Waals surface area (Å²) in [5.41, 5.74) is -1.07. The molecule has 0 fully saturated rings. The molecule has 5 nitrogen and oxygen atoms in total. The van der Waals surface area contributed by atoms with Crippen molar-refractivity contribution in [1.29, 1.82) is 0 Å². The second-order valence-electron chi connectivity index (χ2n) is 6.26. The smallest absolute Gasteiger partial charge is 0.303 e. The summed E-state index contributed by atoms with van der Waals surface area (Å²) in [5.74, 6) is -1.23. The highest BCUT2D eigenvalue weighted by Crippen LogP contribution is 2.30. The van der Waals surface area contributed by atoms with Crippen LogP contribution in [-0.4, -0.2) is 38.8 Å². The molecule has 0 saturated carbocycles. The Hall–Kier alpha value is -1.98. The third-order valence-corrected chi connectivity index (χ3v) is 4.06. The van der Waals surface area contributed by atoms with Crippen molar-refractivity contribution in [2.45, 2.75) is 63.6 Å². The van der Waals surface area contributed by atoms with Gasteiger partial charge in [0.05, 0.1) is 6.10 Å². The van der Waals surface area contributed by atoms with E-state index in [0.29, 0.717) is 6.42 Å². The van der Waals surface area contributed by atoms with Crippen LogP contribution in [0.5, 0.6) is 0 Å². The van der Waals surface area contributed by atoms with E-state index in [1.165, 1.54) is 36.8 Å². The Morgan fingerprint density at radius 3 is 2.76 bits per heavy atom. The van der Waals surface area contributed by atoms with Crippen molar-refractivity contribution in [3.8, 4) is 0 Å². The van der Waals surface area contributed by atoms with Crippen LogP contribution >= 0.6 is 0 Å². The van der Waals surface area contributed by atoms with Crippen LogP contribution in [0, 0.1) is 0 Å². The Labute approximate surface area is 149 Å². The van der Waals surface area contributed by atoms with E-state index in [9.17, 15) is 19.8 Å². The molecule has 0 saturated heterocycles. The van der Waals surface area contributed by atoms with Gasteiger partial charge in [-0.1, -0.05) is 50.1 Å². The van der Waals surface area contributed by atoms with Crippen molar-refractivity contribution in [2.75, 3.05) is 0 Å². The number of carboxylic acid groups (broad SMARTS) is 1. The van der Waals surface area contributed by atoms with Crippen molar-refractivity contribution in [3.05, 3.63) is 48.1 Å². The fraction of sp³-hybridized carbons (Fsp3) is 0.500. The minimum absolute atomic E-state index is 0.103. The summed E-state index contributed by atoms with van der Waals surface area (Å²) in [7, 11) is 0. The number of unbranched alkanes of at least 4 members (excludes halogenated alkanes) is 3. The van der Waals surface area contributed by atoms with Gasteiger partial charge in [0.1, 0.15) is 5.60 Å². The number of aliphatic carboxylic acids is 1. The van der Waals surface area contributed by atoms with E-state index in [0.717, 1.165) is 19.3 Å². The molecule has 0 amide bonds. The van der Waals surface area contributed by atoms with Crippen molar-refractivity contribution in [1.82, 2.24) is 0 Å². The van der Waals surface area contributed by atoms with Gasteiger partial charge in [-0.3, -0.25) is 9.59 Å². The summed E-state index contributed by atoms with van der Waals surface area (Å²) in [6.45, 7) is 2.14. The number of allylic oxidation sites excluding steroid dienone is 4. The second-order valence-corrected chi connectivity index (χ2v) is 6.26. The largest absolute Gasteiger partial charge is 0.481 e. The maximum atomic E-state index is 11.9. The number of hydrogen-bond donors (Lipinski definition) is 3. The van der Waals surface area contributed by atoms with Crippen molar-refractivity contribution in [2.24, 2.45) is 0 Å². The zero-order valence-corrected chi connectivity index (χ0v) is 14.7. The summed E-state index contributed by atoms with van der Waals surface area (Å²) >= 11 is 0. The van der Waals surface area contributed by atoms with E-state index in [1.807, 2.05) is 12.2 Å². The summed E-state index contributed by atoms with van der Waals surface area (Å²) in [5, 5.41) is 28.9. The van der Waals surface area contributed by atoms with E-state index in [4.69, 9.17) is 5.11 Å². The lowest BCUT2D eigenvalue weighted by Gasteiger charge is -2.20. The number of ketones is 1. The topological polar surface area (TPSA) is 94.8 Å². The fourth-order valence-electron chi connectivity index (χ4n) is 2.55. The number of carbonyl (C=O) groups excluding carboxylic acids is 1. The number of aliphatic hydroxyl groups excluding tert-OH is 1. The van der Waals surface area contributed by atoms with Crippen LogP contribution in [0.2, 0.25) is 0 Å². The van der Waals surface area contributed by atoms with Gasteiger partial charge in [-0.05, 0) is 31.4 Å². The van der Waals surface area contributed by atoms with Gasteiger partial charge in [0.15, 0.2) is 5.78 Å². The molecule has 2 atom stereocenters. The molecule has 25 heavy (non-hydrogen) atoms. The summed E-state index contributed by atoms with van der Waals surface area (Å²) in [6, 6.07) is 0. The van der Waals surface area contributed by atoms with Crippen LogP contribution in [0.25, 0.3) is 0 Å². The van der Waals surface area contributed by atoms with Crippen LogP contribution < -0.4 is 0 Å². The highest BCUT2D eigenvalue weighted by molar-refractivity contribution is 6.09. The number of aliphatic hydroxyl groups is 2. The van der Waals surface area contributed by atoms with Gasteiger partial charge in [-0.2, -0.15) is 0 Å². The third kappa shape index (κ3) is 7.63. The molecular formula is C20H28O5. The maximum absolute atomic E-state index is 11.9. The van der Waals surface area contributed by atoms with Gasteiger partial charge in [-0.15, -0.1) is 0 Å². The molecule has 2 unspecified atom stereocenters. The first-order valence-electron chi connectivity index (χ1n) is 8.79. The predicted molar refractivity (Wildman–Crippen MR) is 97.1 cm³/mol. The van der Waals surface area contributed by atoms with Crippen molar-refractivity contribution in [3.63, 3.8) is 0 Å². The Kier molecular flexibility index (Phi) is 9.10. The lowest BCUT2D eigenvalue weighted by atomic mass is 9.92. The van der Waals surface area contributed by atoms with Gasteiger partial charge >= 0.3 is 5.97 Å². The summed E-state index contributed by atoms with van der Waals surface area (Å²) in [6.07, 6.45) is 14.9. The minimum Gasteiger partial charge on any atom is -0.481 e. The van der Waals surface area contributed by atoms with E-state index in [2.05, 4.69) is 6.92 Å². The third-order valence-electron chi connectivity index (χ3n) is 4.06. The van der Waals surface area contributed by atoms with E-state index in [1.54, 1.807) is 0 Å². The second kappa shape index (κ2) is 10.8. The molecule has 1 aliphatic carbocycles. The monoisotopic (exact) mass is 348 g/mol. The first kappa shape index (κ1) is 21.1. The summed E-state index contributed by atoms with van der Waals surface area (Å²) < 4.78 is 0. The molecule has 138 valence electrons. The van der Waals surface area contributed by atoms with Gasteiger partial charge in [0.25, 0.3) is 0 Å². The molecule has 0 aromatic rings. The molecule has 1 aliphatic rings. The van der Waals surface area contributed by atoms with Gasteiger partial charge in [0, 0.05) is 18.4 Å². The number of hydrogen-bond acceptors (Lipinski definition) is 4. The van der Waals surface area contributed by atoms with E-state index in [-0.39, 0.29) is 24.2 Å². The SMILES string of the molecule is CCCCCC=CCC1(O)C=CC(=O)C1=CC=CC(O)CCC(=O)O. The molecule has 0 aliphatic heterocycles. The van der Waals surface area contributed by atoms with Crippen LogP contribution in [0.1, 0.15) is 51.9 Å². The highest BCUT2D eigenvalue weighted by atomic mass is 16.4. The lowest BCUT2D eigenvalue weighted by Crippen LogP contribution is -2.27. The first-order valence-corrected chi connectivity index (χ1v) is 8.79. The quantitative estimate of drug-likeness (QED) is 0.303. The molecule has 0 aromatic heterocycles. The van der Waals surface area contributed by atoms with E-state index < -0.39 is 17.7 Å². The summed E-state index contributed by atoms with van der Waals surface area (Å²) in [4.78, 5) is 22.4. The average molecular weight is 348 g/mol. The van der Waals surface area contributed by atoms with Crippen LogP contribution in [-0.2, 0) is 9.59 Å². The van der Waals surface area contributed by atoms with Crippen LogP contribution in [0.4, 0.5) is 0 Å². The van der Waals surface area contributed by atoms with E-state index >= 15 is 0 Å². The zero-order valence-electron chi connectivity index (χ0n) is 14.7. The van der Waals surface area contributed by atoms with Crippen LogP contribution in [0.3, 0.4) is 0 Å². The number of carbonyl (C=O) groups is 2. The molecule has 5 heteroatoms. The molecule has 0 bridgehead atoms. The Balaban J connectivity index is 2.62. The maximum Gasteiger partial charge on any atom is 0.303 e. The standard InChI is InChI=1S/C20H28O5/c1-2-3-4-5-6-7-14-20(25)15-13-18(22)17(20)10-8-9-16(21)11-12-19(23)24/h6-10,13,15-16,21,25H,2-5,11-12,14H2,1H3,(H,23,24). The molecule has 1 rings (SSSR count). The zero-order chi connectivity index (χ0) is 18.7. The molecule has 0 heterocycles. The normalized spacial score (nSPS) is 23.3.